The van der Waals surface area contributed by atoms with Gasteiger partial charge in [0.25, 0.3) is 0 Å². The summed E-state index contributed by atoms with van der Waals surface area (Å²) in [5, 5.41) is 12.5. The molecule has 0 aliphatic rings. The van der Waals surface area contributed by atoms with Crippen LogP contribution in [0.15, 0.2) is 42.6 Å². The van der Waals surface area contributed by atoms with E-state index in [4.69, 9.17) is 4.74 Å². The molecule has 0 saturated heterocycles. The first-order valence-corrected chi connectivity index (χ1v) is 6.33. The number of nitrogens with zero attached hydrogens (tertiary/aromatic N) is 1. The van der Waals surface area contributed by atoms with E-state index in [0.717, 1.165) is 16.9 Å². The van der Waals surface area contributed by atoms with Crippen molar-refractivity contribution in [2.75, 3.05) is 11.9 Å². The van der Waals surface area contributed by atoms with Crippen LogP contribution in [0.1, 0.15) is 18.2 Å². The number of anilines is 1. The number of pyridine rings is 1. The Hall–Kier alpha value is -2.07. The van der Waals surface area contributed by atoms with E-state index in [9.17, 15) is 5.11 Å². The quantitative estimate of drug-likeness (QED) is 0.836. The minimum atomic E-state index is 0.181. The number of para-hydroxylation sites is 1. The monoisotopic (exact) mass is 258 g/mol. The molecule has 0 spiro atoms. The third kappa shape index (κ3) is 3.96. The zero-order chi connectivity index (χ0) is 13.5. The Bertz CT molecular complexity index is 512. The minimum absolute atomic E-state index is 0.181. The van der Waals surface area contributed by atoms with E-state index in [2.05, 4.69) is 10.3 Å². The summed E-state index contributed by atoms with van der Waals surface area (Å²) < 4.78 is 5.44. The van der Waals surface area contributed by atoms with Crippen LogP contribution in [0, 0.1) is 0 Å². The van der Waals surface area contributed by atoms with Gasteiger partial charge in [0.15, 0.2) is 0 Å². The summed E-state index contributed by atoms with van der Waals surface area (Å²) in [7, 11) is 0. The Morgan fingerprint density at radius 1 is 1.21 bits per heavy atom. The highest BCUT2D eigenvalue weighted by atomic mass is 16.5. The fraction of sp³-hybridized carbons (Fsp3) is 0.267. The molecule has 100 valence electrons. The second-order valence-electron chi connectivity index (χ2n) is 4.16. The Balaban J connectivity index is 2.00. The van der Waals surface area contributed by atoms with Gasteiger partial charge in [-0.15, -0.1) is 0 Å². The zero-order valence-electron chi connectivity index (χ0n) is 11.0. The molecule has 1 heterocycles. The molecule has 0 amide bonds. The highest BCUT2D eigenvalue weighted by Gasteiger charge is 2.02. The van der Waals surface area contributed by atoms with E-state index in [0.29, 0.717) is 19.8 Å². The molecule has 0 unspecified atom stereocenters. The lowest BCUT2D eigenvalue weighted by Crippen LogP contribution is -2.04. The van der Waals surface area contributed by atoms with Gasteiger partial charge in [0.1, 0.15) is 5.75 Å². The van der Waals surface area contributed by atoms with Gasteiger partial charge in [0.2, 0.25) is 0 Å². The van der Waals surface area contributed by atoms with Crippen LogP contribution in [0.5, 0.6) is 5.75 Å². The topological polar surface area (TPSA) is 54.4 Å². The average Bonchev–Trinajstić information content (AvgIpc) is 2.45. The maximum Gasteiger partial charge on any atom is 0.133 e. The lowest BCUT2D eigenvalue weighted by Gasteiger charge is -2.11. The predicted octanol–water partition coefficient (Wildman–Crippen LogP) is 2.94. The zero-order valence-corrected chi connectivity index (χ0v) is 11.0. The smallest absolute Gasteiger partial charge is 0.133 e. The van der Waals surface area contributed by atoms with Gasteiger partial charge in [-0.3, -0.25) is 4.98 Å². The summed E-state index contributed by atoms with van der Waals surface area (Å²) in [5.41, 5.74) is 3.05. The molecular formula is C15H18N2O2. The molecule has 19 heavy (non-hydrogen) atoms. The van der Waals surface area contributed by atoms with Crippen molar-refractivity contribution in [3.05, 3.63) is 53.9 Å². The second-order valence-corrected chi connectivity index (χ2v) is 4.16. The van der Waals surface area contributed by atoms with Crippen molar-refractivity contribution in [1.82, 2.24) is 4.98 Å². The van der Waals surface area contributed by atoms with Gasteiger partial charge < -0.3 is 15.2 Å². The SMILES string of the molecule is CCOCc1ccccc1NCc1ccc(O)cn1. The second kappa shape index (κ2) is 6.75. The molecule has 1 aromatic carbocycles. The van der Waals surface area contributed by atoms with Gasteiger partial charge >= 0.3 is 0 Å². The molecule has 2 N–H and O–H groups in total. The lowest BCUT2D eigenvalue weighted by atomic mass is 10.2. The minimum Gasteiger partial charge on any atom is -0.506 e. The molecule has 0 atom stereocenters. The Labute approximate surface area is 113 Å². The summed E-state index contributed by atoms with van der Waals surface area (Å²) in [6, 6.07) is 11.5. The number of ether oxygens (including phenoxy) is 1. The number of nitrogens with one attached hydrogen (secondary N) is 1. The summed E-state index contributed by atoms with van der Waals surface area (Å²) in [6.45, 7) is 3.90. The van der Waals surface area contributed by atoms with E-state index in [-0.39, 0.29) is 5.75 Å². The standard InChI is InChI=1S/C15H18N2O2/c1-2-19-11-12-5-3-4-6-15(12)17-9-13-7-8-14(18)10-16-13/h3-8,10,17-18H,2,9,11H2,1H3. The number of aromatic hydroxyl groups is 1. The molecule has 0 radical (unpaired) electrons. The summed E-state index contributed by atoms with van der Waals surface area (Å²) in [5.74, 6) is 0.181. The van der Waals surface area contributed by atoms with Gasteiger partial charge in [0.05, 0.1) is 25.0 Å². The van der Waals surface area contributed by atoms with Gasteiger partial charge in [-0.1, -0.05) is 18.2 Å². The van der Waals surface area contributed by atoms with Crippen LogP contribution >= 0.6 is 0 Å². The molecule has 2 aromatic rings. The first-order chi connectivity index (χ1) is 9.29. The molecular weight excluding hydrogens is 240 g/mol. The average molecular weight is 258 g/mol. The van der Waals surface area contributed by atoms with E-state index in [1.54, 1.807) is 12.1 Å². The Morgan fingerprint density at radius 3 is 2.79 bits per heavy atom. The first kappa shape index (κ1) is 13.4. The molecule has 0 saturated carbocycles. The maximum absolute atomic E-state index is 9.18. The van der Waals surface area contributed by atoms with Crippen LogP contribution in [0.25, 0.3) is 0 Å². The first-order valence-electron chi connectivity index (χ1n) is 6.33. The number of rotatable bonds is 6. The van der Waals surface area contributed by atoms with Crippen LogP contribution in [-0.2, 0) is 17.9 Å². The Kier molecular flexibility index (Phi) is 4.75. The molecule has 0 aliphatic heterocycles. The summed E-state index contributed by atoms with van der Waals surface area (Å²) in [6.07, 6.45) is 1.45. The molecule has 0 bridgehead atoms. The molecule has 4 nitrogen and oxygen atoms in total. The van der Waals surface area contributed by atoms with Crippen LogP contribution in [0.3, 0.4) is 0 Å². The van der Waals surface area contributed by atoms with Gasteiger partial charge in [-0.05, 0) is 25.1 Å². The number of hydrogen-bond acceptors (Lipinski definition) is 4. The largest absolute Gasteiger partial charge is 0.506 e. The fourth-order valence-electron chi connectivity index (χ4n) is 1.74. The van der Waals surface area contributed by atoms with E-state index in [1.165, 1.54) is 6.20 Å². The summed E-state index contributed by atoms with van der Waals surface area (Å²) >= 11 is 0. The molecule has 0 aliphatic carbocycles. The predicted molar refractivity (Wildman–Crippen MR) is 75.0 cm³/mol. The van der Waals surface area contributed by atoms with Crippen LogP contribution < -0.4 is 5.32 Å². The molecule has 0 fully saturated rings. The third-order valence-corrected chi connectivity index (χ3v) is 2.75. The summed E-state index contributed by atoms with van der Waals surface area (Å²) in [4.78, 5) is 4.14. The molecule has 1 aromatic heterocycles. The van der Waals surface area contributed by atoms with Crippen LogP contribution in [0.2, 0.25) is 0 Å². The van der Waals surface area contributed by atoms with Crippen molar-refractivity contribution >= 4 is 5.69 Å². The fourth-order valence-corrected chi connectivity index (χ4v) is 1.74. The van der Waals surface area contributed by atoms with Crippen molar-refractivity contribution < 1.29 is 9.84 Å². The maximum atomic E-state index is 9.18. The highest BCUT2D eigenvalue weighted by Crippen LogP contribution is 2.17. The van der Waals surface area contributed by atoms with Crippen molar-refractivity contribution in [3.63, 3.8) is 0 Å². The van der Waals surface area contributed by atoms with Crippen molar-refractivity contribution in [3.8, 4) is 5.75 Å². The lowest BCUT2D eigenvalue weighted by molar-refractivity contribution is 0.134. The van der Waals surface area contributed by atoms with E-state index >= 15 is 0 Å². The van der Waals surface area contributed by atoms with E-state index in [1.807, 2.05) is 31.2 Å². The van der Waals surface area contributed by atoms with Crippen LogP contribution in [-0.4, -0.2) is 16.7 Å². The normalized spacial score (nSPS) is 10.4. The van der Waals surface area contributed by atoms with Gasteiger partial charge in [0, 0.05) is 17.9 Å². The molecule has 2 rings (SSSR count). The Morgan fingerprint density at radius 2 is 2.05 bits per heavy atom. The van der Waals surface area contributed by atoms with Crippen molar-refractivity contribution in [2.24, 2.45) is 0 Å². The van der Waals surface area contributed by atoms with Crippen LogP contribution in [0.4, 0.5) is 5.69 Å². The van der Waals surface area contributed by atoms with E-state index < -0.39 is 0 Å². The van der Waals surface area contributed by atoms with Gasteiger partial charge in [-0.25, -0.2) is 0 Å². The third-order valence-electron chi connectivity index (χ3n) is 2.75. The number of hydrogen-bond donors (Lipinski definition) is 2. The van der Waals surface area contributed by atoms with Crippen molar-refractivity contribution in [1.29, 1.82) is 0 Å². The van der Waals surface area contributed by atoms with Crippen molar-refractivity contribution in [2.45, 2.75) is 20.1 Å². The van der Waals surface area contributed by atoms with Gasteiger partial charge in [-0.2, -0.15) is 0 Å². The number of aromatic nitrogens is 1. The number of benzene rings is 1. The molecule has 4 heteroatoms. The highest BCUT2D eigenvalue weighted by molar-refractivity contribution is 5.50.